The molecule has 29 heavy (non-hydrogen) atoms. The van der Waals surface area contributed by atoms with E-state index in [9.17, 15) is 5.11 Å². The number of aromatic nitrogens is 3. The smallest absolute Gasteiger partial charge is 0.321 e. The zero-order valence-electron chi connectivity index (χ0n) is 16.5. The molecular weight excluding hydrogens is 374 g/mol. The van der Waals surface area contributed by atoms with Gasteiger partial charge in [0, 0.05) is 29.2 Å². The van der Waals surface area contributed by atoms with E-state index in [4.69, 9.17) is 14.0 Å². The number of nitrogens with one attached hydrogen (secondary N) is 1. The van der Waals surface area contributed by atoms with Crippen LogP contribution in [-0.2, 0) is 0 Å². The number of pyridine rings is 1. The molecule has 0 atom stereocenters. The van der Waals surface area contributed by atoms with Crippen molar-refractivity contribution in [1.82, 2.24) is 15.1 Å². The normalized spacial score (nSPS) is 15.0. The SMILES string of the molecule is COc1cc(OC)cc(-c2noc(NCC3(O)CN(c4ccnc(C)c4)C3)n2)c1. The Morgan fingerprint density at radius 1 is 1.17 bits per heavy atom. The summed E-state index contributed by atoms with van der Waals surface area (Å²) in [4.78, 5) is 10.6. The minimum Gasteiger partial charge on any atom is -0.497 e. The van der Waals surface area contributed by atoms with E-state index in [1.165, 1.54) is 0 Å². The second kappa shape index (κ2) is 7.59. The maximum Gasteiger partial charge on any atom is 0.321 e. The van der Waals surface area contributed by atoms with Gasteiger partial charge in [-0.3, -0.25) is 4.98 Å². The third-order valence-corrected chi connectivity index (χ3v) is 4.82. The van der Waals surface area contributed by atoms with Crippen molar-refractivity contribution in [3.8, 4) is 22.9 Å². The molecule has 3 aromatic rings. The molecule has 0 bridgehead atoms. The van der Waals surface area contributed by atoms with Gasteiger partial charge in [0.1, 0.15) is 17.1 Å². The van der Waals surface area contributed by atoms with E-state index < -0.39 is 5.60 Å². The Kier molecular flexibility index (Phi) is 4.98. The molecule has 3 heterocycles. The Balaban J connectivity index is 1.38. The lowest BCUT2D eigenvalue weighted by molar-refractivity contribution is 0.0244. The van der Waals surface area contributed by atoms with Gasteiger partial charge in [0.15, 0.2) is 0 Å². The second-order valence-corrected chi connectivity index (χ2v) is 7.11. The summed E-state index contributed by atoms with van der Waals surface area (Å²) in [6.45, 7) is 3.27. The van der Waals surface area contributed by atoms with E-state index in [0.29, 0.717) is 42.5 Å². The fraction of sp³-hybridized carbons (Fsp3) is 0.350. The highest BCUT2D eigenvalue weighted by molar-refractivity contribution is 5.61. The van der Waals surface area contributed by atoms with Gasteiger partial charge < -0.3 is 29.3 Å². The summed E-state index contributed by atoms with van der Waals surface area (Å²) in [6, 6.07) is 9.54. The zero-order chi connectivity index (χ0) is 20.4. The van der Waals surface area contributed by atoms with Crippen molar-refractivity contribution in [2.24, 2.45) is 0 Å². The first-order chi connectivity index (χ1) is 14.0. The molecule has 9 heteroatoms. The number of ether oxygens (including phenoxy) is 2. The second-order valence-electron chi connectivity index (χ2n) is 7.11. The first kappa shape index (κ1) is 19.0. The fourth-order valence-electron chi connectivity index (χ4n) is 3.28. The number of aliphatic hydroxyl groups is 1. The first-order valence-corrected chi connectivity index (χ1v) is 9.19. The number of nitrogens with zero attached hydrogens (tertiary/aromatic N) is 4. The summed E-state index contributed by atoms with van der Waals surface area (Å²) in [6.07, 6.45) is 1.77. The molecular formula is C20H23N5O4. The number of benzene rings is 1. The predicted molar refractivity (Wildman–Crippen MR) is 107 cm³/mol. The van der Waals surface area contributed by atoms with Gasteiger partial charge in [-0.1, -0.05) is 5.16 Å². The van der Waals surface area contributed by atoms with Crippen LogP contribution in [0.25, 0.3) is 11.4 Å². The number of anilines is 2. The van der Waals surface area contributed by atoms with Crippen LogP contribution in [0.15, 0.2) is 41.1 Å². The van der Waals surface area contributed by atoms with E-state index in [-0.39, 0.29) is 6.01 Å². The molecule has 2 N–H and O–H groups in total. The van der Waals surface area contributed by atoms with Crippen LogP contribution in [0.5, 0.6) is 11.5 Å². The third-order valence-electron chi connectivity index (χ3n) is 4.82. The molecule has 4 rings (SSSR count). The van der Waals surface area contributed by atoms with Gasteiger partial charge in [0.2, 0.25) is 5.82 Å². The van der Waals surface area contributed by atoms with Crippen LogP contribution >= 0.6 is 0 Å². The van der Waals surface area contributed by atoms with Crippen molar-refractivity contribution in [2.75, 3.05) is 44.1 Å². The van der Waals surface area contributed by atoms with Crippen LogP contribution in [-0.4, -0.2) is 59.7 Å². The predicted octanol–water partition coefficient (Wildman–Crippen LogP) is 2.12. The highest BCUT2D eigenvalue weighted by atomic mass is 16.5. The lowest BCUT2D eigenvalue weighted by Crippen LogP contribution is -2.65. The maximum absolute atomic E-state index is 10.7. The Morgan fingerprint density at radius 3 is 2.55 bits per heavy atom. The van der Waals surface area contributed by atoms with E-state index in [0.717, 1.165) is 11.4 Å². The van der Waals surface area contributed by atoms with Crippen molar-refractivity contribution in [3.05, 3.63) is 42.2 Å². The number of methoxy groups -OCH3 is 2. The molecule has 0 radical (unpaired) electrons. The average Bonchev–Trinajstić information content (AvgIpc) is 3.19. The molecule has 1 fully saturated rings. The molecule has 2 aromatic heterocycles. The summed E-state index contributed by atoms with van der Waals surface area (Å²) >= 11 is 0. The molecule has 152 valence electrons. The Morgan fingerprint density at radius 2 is 1.90 bits per heavy atom. The number of rotatable bonds is 7. The topological polar surface area (TPSA) is 106 Å². The van der Waals surface area contributed by atoms with Crippen LogP contribution in [0.1, 0.15) is 5.69 Å². The van der Waals surface area contributed by atoms with Gasteiger partial charge in [-0.15, -0.1) is 0 Å². The van der Waals surface area contributed by atoms with E-state index in [1.807, 2.05) is 19.1 Å². The van der Waals surface area contributed by atoms with Crippen molar-refractivity contribution >= 4 is 11.7 Å². The fourth-order valence-corrected chi connectivity index (χ4v) is 3.28. The van der Waals surface area contributed by atoms with Gasteiger partial charge in [0.05, 0.1) is 33.9 Å². The number of hydrogen-bond acceptors (Lipinski definition) is 9. The monoisotopic (exact) mass is 397 g/mol. The van der Waals surface area contributed by atoms with E-state index >= 15 is 0 Å². The van der Waals surface area contributed by atoms with Gasteiger partial charge >= 0.3 is 6.01 Å². The number of aryl methyl sites for hydroxylation is 1. The molecule has 0 saturated carbocycles. The molecule has 1 aliphatic rings. The molecule has 0 spiro atoms. The lowest BCUT2D eigenvalue weighted by Gasteiger charge is -2.47. The minimum absolute atomic E-state index is 0.244. The van der Waals surface area contributed by atoms with Crippen LogP contribution in [0, 0.1) is 6.92 Å². The highest BCUT2D eigenvalue weighted by Gasteiger charge is 2.41. The molecule has 0 amide bonds. The summed E-state index contributed by atoms with van der Waals surface area (Å²) in [5, 5.41) is 17.7. The zero-order valence-corrected chi connectivity index (χ0v) is 16.5. The van der Waals surface area contributed by atoms with Crippen LogP contribution in [0.4, 0.5) is 11.7 Å². The largest absolute Gasteiger partial charge is 0.497 e. The average molecular weight is 397 g/mol. The highest BCUT2D eigenvalue weighted by Crippen LogP contribution is 2.30. The van der Waals surface area contributed by atoms with Crippen LogP contribution in [0.3, 0.4) is 0 Å². The number of hydrogen-bond donors (Lipinski definition) is 2. The summed E-state index contributed by atoms with van der Waals surface area (Å²) < 4.78 is 15.8. The van der Waals surface area contributed by atoms with Gasteiger partial charge in [-0.25, -0.2) is 0 Å². The molecule has 9 nitrogen and oxygen atoms in total. The Labute approximate surface area is 168 Å². The van der Waals surface area contributed by atoms with Crippen LogP contribution in [0.2, 0.25) is 0 Å². The third kappa shape index (κ3) is 4.09. The molecule has 1 saturated heterocycles. The van der Waals surface area contributed by atoms with Crippen molar-refractivity contribution in [2.45, 2.75) is 12.5 Å². The molecule has 0 aliphatic carbocycles. The molecule has 1 aliphatic heterocycles. The van der Waals surface area contributed by atoms with Crippen molar-refractivity contribution < 1.29 is 19.1 Å². The van der Waals surface area contributed by atoms with Gasteiger partial charge in [-0.2, -0.15) is 4.98 Å². The molecule has 1 aromatic carbocycles. The van der Waals surface area contributed by atoms with Gasteiger partial charge in [0.25, 0.3) is 0 Å². The van der Waals surface area contributed by atoms with Crippen molar-refractivity contribution in [1.29, 1.82) is 0 Å². The first-order valence-electron chi connectivity index (χ1n) is 9.19. The van der Waals surface area contributed by atoms with E-state index in [1.54, 1.807) is 38.6 Å². The lowest BCUT2D eigenvalue weighted by atomic mass is 9.93. The standard InChI is InChI=1S/C20H23N5O4/c1-13-6-15(4-5-21-13)25-11-20(26,12-25)10-22-19-23-18(24-29-19)14-7-16(27-2)9-17(8-14)28-3/h4-9,26H,10-12H2,1-3H3,(H,22,23,24). The number of β-amino-alcohol motifs (C(OH)–C–C–N with tert-alkyl or cyclic N) is 1. The van der Waals surface area contributed by atoms with E-state index in [2.05, 4.69) is 25.3 Å². The Hall–Kier alpha value is -3.33. The summed E-state index contributed by atoms with van der Waals surface area (Å²) in [5.74, 6) is 1.67. The quantitative estimate of drug-likeness (QED) is 0.620. The maximum atomic E-state index is 10.7. The minimum atomic E-state index is -0.870. The molecule has 0 unspecified atom stereocenters. The summed E-state index contributed by atoms with van der Waals surface area (Å²) in [7, 11) is 3.16. The van der Waals surface area contributed by atoms with Gasteiger partial charge in [-0.05, 0) is 31.2 Å². The summed E-state index contributed by atoms with van der Waals surface area (Å²) in [5.41, 5.74) is 1.84. The Bertz CT molecular complexity index is 978. The van der Waals surface area contributed by atoms with Crippen LogP contribution < -0.4 is 19.7 Å². The van der Waals surface area contributed by atoms with Crippen molar-refractivity contribution in [3.63, 3.8) is 0 Å².